The van der Waals surface area contributed by atoms with Gasteiger partial charge in [-0.3, -0.25) is 9.78 Å². The third-order valence-electron chi connectivity index (χ3n) is 2.83. The zero-order chi connectivity index (χ0) is 14.7. The largest absolute Gasteiger partial charge is 0.392 e. The SMILES string of the molecule is O=C(Nc1cnccc1CO)c1cnc(-c2ccsc2)s1. The summed E-state index contributed by atoms with van der Waals surface area (Å²) in [5.41, 5.74) is 2.15. The van der Waals surface area contributed by atoms with E-state index in [1.165, 1.54) is 17.5 Å². The molecule has 0 saturated heterocycles. The first kappa shape index (κ1) is 13.9. The van der Waals surface area contributed by atoms with E-state index >= 15 is 0 Å². The van der Waals surface area contributed by atoms with Crippen molar-refractivity contribution in [1.82, 2.24) is 9.97 Å². The van der Waals surface area contributed by atoms with Gasteiger partial charge in [-0.05, 0) is 17.5 Å². The first-order chi connectivity index (χ1) is 10.3. The average molecular weight is 317 g/mol. The predicted molar refractivity (Wildman–Crippen MR) is 83.5 cm³/mol. The summed E-state index contributed by atoms with van der Waals surface area (Å²) in [6.07, 6.45) is 4.65. The zero-order valence-corrected chi connectivity index (χ0v) is 12.4. The van der Waals surface area contributed by atoms with Crippen LogP contribution in [0.1, 0.15) is 15.2 Å². The molecule has 21 heavy (non-hydrogen) atoms. The second-order valence-electron chi connectivity index (χ2n) is 4.19. The number of amides is 1. The van der Waals surface area contributed by atoms with E-state index in [1.807, 2.05) is 16.8 Å². The summed E-state index contributed by atoms with van der Waals surface area (Å²) in [4.78, 5) is 20.9. The number of nitrogens with one attached hydrogen (secondary N) is 1. The Balaban J connectivity index is 1.80. The number of thiazole rings is 1. The number of hydrogen-bond donors (Lipinski definition) is 2. The van der Waals surface area contributed by atoms with Crippen molar-refractivity contribution in [3.63, 3.8) is 0 Å². The molecule has 3 aromatic rings. The molecule has 0 atom stereocenters. The summed E-state index contributed by atoms with van der Waals surface area (Å²) in [6, 6.07) is 3.63. The molecule has 0 fully saturated rings. The number of rotatable bonds is 4. The topological polar surface area (TPSA) is 75.1 Å². The maximum absolute atomic E-state index is 12.2. The second kappa shape index (κ2) is 6.13. The zero-order valence-electron chi connectivity index (χ0n) is 10.8. The highest BCUT2D eigenvalue weighted by Gasteiger charge is 2.13. The molecular formula is C14H11N3O2S2. The number of anilines is 1. The van der Waals surface area contributed by atoms with E-state index in [9.17, 15) is 9.90 Å². The Morgan fingerprint density at radius 1 is 1.33 bits per heavy atom. The molecule has 106 valence electrons. The molecular weight excluding hydrogens is 306 g/mol. The number of aromatic nitrogens is 2. The molecule has 0 radical (unpaired) electrons. The lowest BCUT2D eigenvalue weighted by molar-refractivity contribution is 0.103. The van der Waals surface area contributed by atoms with E-state index < -0.39 is 0 Å². The first-order valence-electron chi connectivity index (χ1n) is 6.11. The van der Waals surface area contributed by atoms with Gasteiger partial charge < -0.3 is 10.4 Å². The van der Waals surface area contributed by atoms with Gasteiger partial charge in [-0.1, -0.05) is 0 Å². The number of pyridine rings is 1. The Hall–Kier alpha value is -2.09. The third kappa shape index (κ3) is 2.99. The molecule has 3 heterocycles. The first-order valence-corrected chi connectivity index (χ1v) is 7.87. The number of aliphatic hydroxyl groups is 1. The Bertz CT molecular complexity index is 753. The summed E-state index contributed by atoms with van der Waals surface area (Å²) >= 11 is 2.92. The van der Waals surface area contributed by atoms with E-state index in [1.54, 1.807) is 29.8 Å². The summed E-state index contributed by atoms with van der Waals surface area (Å²) in [7, 11) is 0. The van der Waals surface area contributed by atoms with Crippen LogP contribution >= 0.6 is 22.7 Å². The van der Waals surface area contributed by atoms with Crippen molar-refractivity contribution in [3.05, 3.63) is 51.9 Å². The van der Waals surface area contributed by atoms with E-state index in [-0.39, 0.29) is 12.5 Å². The molecule has 0 aliphatic carbocycles. The number of aliphatic hydroxyl groups excluding tert-OH is 1. The fraction of sp³-hybridized carbons (Fsp3) is 0.0714. The van der Waals surface area contributed by atoms with Gasteiger partial charge >= 0.3 is 0 Å². The molecule has 5 nitrogen and oxygen atoms in total. The van der Waals surface area contributed by atoms with Gasteiger partial charge in [-0.2, -0.15) is 11.3 Å². The fourth-order valence-electron chi connectivity index (χ4n) is 1.76. The van der Waals surface area contributed by atoms with Crippen molar-refractivity contribution in [2.75, 3.05) is 5.32 Å². The summed E-state index contributed by atoms with van der Waals surface area (Å²) in [5, 5.41) is 16.8. The Morgan fingerprint density at radius 2 is 2.24 bits per heavy atom. The predicted octanol–water partition coefficient (Wildman–Crippen LogP) is 3.01. The van der Waals surface area contributed by atoms with Crippen molar-refractivity contribution in [2.45, 2.75) is 6.61 Å². The number of thiophene rings is 1. The van der Waals surface area contributed by atoms with Crippen LogP contribution in [0.3, 0.4) is 0 Å². The van der Waals surface area contributed by atoms with Crippen LogP contribution in [0, 0.1) is 0 Å². The van der Waals surface area contributed by atoms with Crippen LogP contribution in [-0.4, -0.2) is 21.0 Å². The van der Waals surface area contributed by atoms with Crippen LogP contribution in [0.15, 0.2) is 41.5 Å². The molecule has 0 aromatic carbocycles. The molecule has 0 unspecified atom stereocenters. The number of nitrogens with zero attached hydrogens (tertiary/aromatic N) is 2. The molecule has 3 rings (SSSR count). The molecule has 0 spiro atoms. The van der Waals surface area contributed by atoms with Crippen LogP contribution < -0.4 is 5.32 Å². The van der Waals surface area contributed by atoms with E-state index in [0.29, 0.717) is 16.1 Å². The van der Waals surface area contributed by atoms with Gasteiger partial charge in [0.05, 0.1) is 24.7 Å². The summed E-state index contributed by atoms with van der Waals surface area (Å²) in [5.74, 6) is -0.253. The van der Waals surface area contributed by atoms with E-state index in [4.69, 9.17) is 0 Å². The normalized spacial score (nSPS) is 10.5. The molecule has 1 amide bonds. The van der Waals surface area contributed by atoms with Gasteiger partial charge in [0, 0.05) is 22.7 Å². The van der Waals surface area contributed by atoms with Crippen molar-refractivity contribution in [1.29, 1.82) is 0 Å². The molecule has 0 bridgehead atoms. The summed E-state index contributed by atoms with van der Waals surface area (Å²) in [6.45, 7) is -0.152. The second-order valence-corrected chi connectivity index (χ2v) is 6.00. The standard InChI is InChI=1S/C14H11N3O2S2/c18-7-9-1-3-15-5-11(9)17-13(19)12-6-16-14(21-12)10-2-4-20-8-10/h1-6,8,18H,7H2,(H,17,19). The van der Waals surface area contributed by atoms with Gasteiger partial charge in [0.1, 0.15) is 9.88 Å². The van der Waals surface area contributed by atoms with Crippen molar-refractivity contribution in [2.24, 2.45) is 0 Å². The third-order valence-corrected chi connectivity index (χ3v) is 4.56. The van der Waals surface area contributed by atoms with Gasteiger partial charge in [-0.25, -0.2) is 4.98 Å². The maximum Gasteiger partial charge on any atom is 0.267 e. The maximum atomic E-state index is 12.2. The number of carbonyl (C=O) groups is 1. The van der Waals surface area contributed by atoms with Crippen molar-refractivity contribution in [3.8, 4) is 10.6 Å². The van der Waals surface area contributed by atoms with Crippen LogP contribution in [0.4, 0.5) is 5.69 Å². The molecule has 7 heteroatoms. The van der Waals surface area contributed by atoms with Gasteiger partial charge in [0.2, 0.25) is 0 Å². The smallest absolute Gasteiger partial charge is 0.267 e. The van der Waals surface area contributed by atoms with Gasteiger partial charge in [-0.15, -0.1) is 11.3 Å². The highest BCUT2D eigenvalue weighted by molar-refractivity contribution is 7.17. The molecule has 0 saturated carbocycles. The van der Waals surface area contributed by atoms with E-state index in [0.717, 1.165) is 10.6 Å². The Morgan fingerprint density at radius 3 is 3.00 bits per heavy atom. The van der Waals surface area contributed by atoms with E-state index in [2.05, 4.69) is 15.3 Å². The molecule has 2 N–H and O–H groups in total. The van der Waals surface area contributed by atoms with Crippen molar-refractivity contribution >= 4 is 34.3 Å². The summed E-state index contributed by atoms with van der Waals surface area (Å²) < 4.78 is 0. The van der Waals surface area contributed by atoms with Crippen LogP contribution in [0.25, 0.3) is 10.6 Å². The monoisotopic (exact) mass is 317 g/mol. The Kier molecular flexibility index (Phi) is 4.05. The van der Waals surface area contributed by atoms with Crippen LogP contribution in [0.2, 0.25) is 0 Å². The minimum Gasteiger partial charge on any atom is -0.392 e. The minimum atomic E-state index is -0.253. The average Bonchev–Trinajstić information content (AvgIpc) is 3.18. The molecule has 0 aliphatic heterocycles. The quantitative estimate of drug-likeness (QED) is 0.775. The van der Waals surface area contributed by atoms with Crippen LogP contribution in [-0.2, 0) is 6.61 Å². The highest BCUT2D eigenvalue weighted by atomic mass is 32.1. The number of carbonyl (C=O) groups excluding carboxylic acids is 1. The lowest BCUT2D eigenvalue weighted by Gasteiger charge is -2.06. The van der Waals surface area contributed by atoms with Crippen molar-refractivity contribution < 1.29 is 9.90 Å². The molecule has 0 aliphatic rings. The van der Waals surface area contributed by atoms with Crippen LogP contribution in [0.5, 0.6) is 0 Å². The number of hydrogen-bond acceptors (Lipinski definition) is 6. The molecule has 3 aromatic heterocycles. The lowest BCUT2D eigenvalue weighted by Crippen LogP contribution is -2.12. The fourth-order valence-corrected chi connectivity index (χ4v) is 3.28. The Labute approximate surface area is 129 Å². The van der Waals surface area contributed by atoms with Gasteiger partial charge in [0.25, 0.3) is 5.91 Å². The lowest BCUT2D eigenvalue weighted by atomic mass is 10.2. The van der Waals surface area contributed by atoms with Gasteiger partial charge in [0.15, 0.2) is 0 Å². The minimum absolute atomic E-state index is 0.152. The highest BCUT2D eigenvalue weighted by Crippen LogP contribution is 2.27.